The molecule has 1 saturated heterocycles. The van der Waals surface area contributed by atoms with Crippen molar-refractivity contribution in [3.05, 3.63) is 54.2 Å². The highest BCUT2D eigenvalue weighted by Crippen LogP contribution is 2.29. The van der Waals surface area contributed by atoms with E-state index in [4.69, 9.17) is 0 Å². The van der Waals surface area contributed by atoms with Gasteiger partial charge in [-0.1, -0.05) is 17.4 Å². The zero-order valence-corrected chi connectivity index (χ0v) is 16.1. The van der Waals surface area contributed by atoms with Gasteiger partial charge in [0, 0.05) is 38.4 Å². The van der Waals surface area contributed by atoms with E-state index in [1.807, 2.05) is 23.1 Å². The summed E-state index contributed by atoms with van der Waals surface area (Å²) >= 11 is 1.37. The van der Waals surface area contributed by atoms with Crippen molar-refractivity contribution in [2.45, 2.75) is 4.90 Å². The minimum absolute atomic E-state index is 0.164. The first-order valence-electron chi connectivity index (χ1n) is 8.40. The van der Waals surface area contributed by atoms with E-state index in [1.165, 1.54) is 15.6 Å². The van der Waals surface area contributed by atoms with Crippen molar-refractivity contribution in [2.24, 2.45) is 0 Å². The van der Waals surface area contributed by atoms with Gasteiger partial charge in [-0.15, -0.1) is 10.2 Å². The first-order valence-corrected chi connectivity index (χ1v) is 10.7. The summed E-state index contributed by atoms with van der Waals surface area (Å²) in [7, 11) is -4.03. The van der Waals surface area contributed by atoms with Crippen LogP contribution >= 0.6 is 11.3 Å². The number of piperazine rings is 1. The maximum absolute atomic E-state index is 13.9. The molecule has 0 N–H and O–H groups in total. The van der Waals surface area contributed by atoms with Crippen LogP contribution < -0.4 is 4.90 Å². The lowest BCUT2D eigenvalue weighted by molar-refractivity contribution is 0.382. The average Bonchev–Trinajstić information content (AvgIpc) is 3.19. The quantitative estimate of drug-likeness (QED) is 0.641. The fourth-order valence-corrected chi connectivity index (χ4v) is 5.22. The number of pyridine rings is 1. The molecule has 1 aromatic carbocycles. The van der Waals surface area contributed by atoms with Crippen LogP contribution in [0.1, 0.15) is 0 Å². The average molecular weight is 423 g/mol. The summed E-state index contributed by atoms with van der Waals surface area (Å²) in [5, 5.41) is 9.67. The maximum atomic E-state index is 13.9. The van der Waals surface area contributed by atoms with Crippen LogP contribution in [0.2, 0.25) is 0 Å². The molecule has 146 valence electrons. The molecule has 1 aliphatic rings. The van der Waals surface area contributed by atoms with E-state index >= 15 is 0 Å². The van der Waals surface area contributed by atoms with Crippen molar-refractivity contribution in [1.29, 1.82) is 0 Å². The van der Waals surface area contributed by atoms with Crippen LogP contribution in [-0.2, 0) is 10.0 Å². The number of hydrogen-bond acceptors (Lipinski definition) is 7. The highest BCUT2D eigenvalue weighted by Gasteiger charge is 2.31. The van der Waals surface area contributed by atoms with Gasteiger partial charge in [0.05, 0.1) is 0 Å². The fourth-order valence-electron chi connectivity index (χ4n) is 2.88. The lowest BCUT2D eigenvalue weighted by atomic mass is 10.3. The van der Waals surface area contributed by atoms with Gasteiger partial charge in [-0.3, -0.25) is 4.98 Å². The number of nitrogens with zero attached hydrogens (tertiary/aromatic N) is 5. The second-order valence-electron chi connectivity index (χ2n) is 6.07. The molecule has 3 aromatic rings. The van der Waals surface area contributed by atoms with Crippen molar-refractivity contribution in [2.75, 3.05) is 31.1 Å². The lowest BCUT2D eigenvalue weighted by Gasteiger charge is -2.33. The first-order chi connectivity index (χ1) is 13.4. The SMILES string of the molecule is O=S(=O)(c1ccc(F)cc1F)N1CCN(c2nnc(-c3ccccn3)s2)CC1. The lowest BCUT2D eigenvalue weighted by Crippen LogP contribution is -2.48. The van der Waals surface area contributed by atoms with Crippen LogP contribution in [0, 0.1) is 11.6 Å². The minimum Gasteiger partial charge on any atom is -0.344 e. The molecule has 0 aliphatic carbocycles. The molecule has 1 aliphatic heterocycles. The number of sulfonamides is 1. The number of anilines is 1. The van der Waals surface area contributed by atoms with Crippen molar-refractivity contribution in [3.63, 3.8) is 0 Å². The predicted molar refractivity (Wildman–Crippen MR) is 100 cm³/mol. The zero-order valence-electron chi connectivity index (χ0n) is 14.5. The van der Waals surface area contributed by atoms with E-state index in [0.29, 0.717) is 29.3 Å². The number of rotatable bonds is 4. The Kier molecular flexibility index (Phi) is 5.04. The van der Waals surface area contributed by atoms with Gasteiger partial charge >= 0.3 is 0 Å². The largest absolute Gasteiger partial charge is 0.344 e. The highest BCUT2D eigenvalue weighted by atomic mass is 32.2. The van der Waals surface area contributed by atoms with Crippen LogP contribution in [-0.4, -0.2) is 54.1 Å². The van der Waals surface area contributed by atoms with Crippen LogP contribution in [0.5, 0.6) is 0 Å². The molecule has 3 heterocycles. The fraction of sp³-hybridized carbons (Fsp3) is 0.235. The van der Waals surface area contributed by atoms with Gasteiger partial charge in [-0.2, -0.15) is 4.31 Å². The Balaban J connectivity index is 1.47. The normalized spacial score (nSPS) is 15.7. The van der Waals surface area contributed by atoms with Crippen molar-refractivity contribution in [1.82, 2.24) is 19.5 Å². The third-order valence-corrected chi connectivity index (χ3v) is 7.26. The summed E-state index contributed by atoms with van der Waals surface area (Å²) in [5.41, 5.74) is 0.722. The molecule has 4 rings (SSSR count). The monoisotopic (exact) mass is 423 g/mol. The molecule has 2 aromatic heterocycles. The molecule has 0 saturated carbocycles. The molecule has 0 radical (unpaired) electrons. The van der Waals surface area contributed by atoms with Crippen LogP contribution in [0.3, 0.4) is 0 Å². The maximum Gasteiger partial charge on any atom is 0.246 e. The van der Waals surface area contributed by atoms with Crippen LogP contribution in [0.15, 0.2) is 47.5 Å². The zero-order chi connectivity index (χ0) is 19.7. The van der Waals surface area contributed by atoms with E-state index in [1.54, 1.807) is 6.20 Å². The van der Waals surface area contributed by atoms with Crippen molar-refractivity contribution >= 4 is 26.5 Å². The molecule has 11 heteroatoms. The van der Waals surface area contributed by atoms with Crippen molar-refractivity contribution < 1.29 is 17.2 Å². The molecule has 0 amide bonds. The third kappa shape index (κ3) is 3.60. The molecule has 1 fully saturated rings. The molecule has 0 atom stereocenters. The molecule has 0 bridgehead atoms. The van der Waals surface area contributed by atoms with Gasteiger partial charge in [0.15, 0.2) is 5.01 Å². The van der Waals surface area contributed by atoms with Gasteiger partial charge in [0.1, 0.15) is 22.2 Å². The Morgan fingerprint density at radius 1 is 1.00 bits per heavy atom. The minimum atomic E-state index is -4.03. The Bertz CT molecular complexity index is 1080. The third-order valence-electron chi connectivity index (χ3n) is 4.32. The Morgan fingerprint density at radius 3 is 2.46 bits per heavy atom. The summed E-state index contributed by atoms with van der Waals surface area (Å²) in [6.45, 7) is 1.10. The highest BCUT2D eigenvalue weighted by molar-refractivity contribution is 7.89. The van der Waals surface area contributed by atoms with E-state index in [9.17, 15) is 17.2 Å². The summed E-state index contributed by atoms with van der Waals surface area (Å²) < 4.78 is 53.5. The summed E-state index contributed by atoms with van der Waals surface area (Å²) in [5.74, 6) is -1.91. The van der Waals surface area contributed by atoms with E-state index in [2.05, 4.69) is 15.2 Å². The molecule has 0 unspecified atom stereocenters. The first kappa shape index (κ1) is 18.8. The summed E-state index contributed by atoms with van der Waals surface area (Å²) in [4.78, 5) is 5.65. The molecule has 7 nitrogen and oxygen atoms in total. The summed E-state index contributed by atoms with van der Waals surface area (Å²) in [6, 6.07) is 7.98. The van der Waals surface area contributed by atoms with Gasteiger partial charge in [0.2, 0.25) is 15.2 Å². The number of hydrogen-bond donors (Lipinski definition) is 0. The Hall–Kier alpha value is -2.50. The topological polar surface area (TPSA) is 79.3 Å². The van der Waals surface area contributed by atoms with Crippen molar-refractivity contribution in [3.8, 4) is 10.7 Å². The van der Waals surface area contributed by atoms with E-state index < -0.39 is 26.6 Å². The number of halogens is 2. The molecular formula is C17H15F2N5O2S2. The predicted octanol–water partition coefficient (Wildman–Crippen LogP) is 2.39. The van der Waals surface area contributed by atoms with E-state index in [0.717, 1.165) is 17.8 Å². The van der Waals surface area contributed by atoms with Gasteiger partial charge in [0.25, 0.3) is 0 Å². The summed E-state index contributed by atoms with van der Waals surface area (Å²) in [6.07, 6.45) is 1.68. The Labute approximate surface area is 164 Å². The van der Waals surface area contributed by atoms with Gasteiger partial charge in [-0.25, -0.2) is 17.2 Å². The van der Waals surface area contributed by atoms with Gasteiger partial charge < -0.3 is 4.90 Å². The molecule has 0 spiro atoms. The van der Waals surface area contributed by atoms with Gasteiger partial charge in [-0.05, 0) is 24.3 Å². The molecular weight excluding hydrogens is 408 g/mol. The second-order valence-corrected chi connectivity index (χ2v) is 8.93. The standard InChI is InChI=1S/C17H15F2N5O2S2/c18-12-4-5-15(13(19)11-12)28(25,26)24-9-7-23(8-10-24)17-22-21-16(27-17)14-3-1-2-6-20-14/h1-6,11H,7-10H2. The number of benzene rings is 1. The van der Waals surface area contributed by atoms with Crippen LogP contribution in [0.25, 0.3) is 10.7 Å². The second kappa shape index (κ2) is 7.49. The smallest absolute Gasteiger partial charge is 0.246 e. The van der Waals surface area contributed by atoms with Crippen LogP contribution in [0.4, 0.5) is 13.9 Å². The van der Waals surface area contributed by atoms with E-state index in [-0.39, 0.29) is 13.1 Å². The number of aromatic nitrogens is 3. The Morgan fingerprint density at radius 2 is 1.79 bits per heavy atom. The molecule has 28 heavy (non-hydrogen) atoms.